The summed E-state index contributed by atoms with van der Waals surface area (Å²) in [5.41, 5.74) is 6.32. The minimum absolute atomic E-state index is 0.0144. The molecule has 0 aromatic heterocycles. The van der Waals surface area contributed by atoms with Gasteiger partial charge in [-0.2, -0.15) is 0 Å². The quantitative estimate of drug-likeness (QED) is 0.682. The van der Waals surface area contributed by atoms with Crippen molar-refractivity contribution in [3.8, 4) is 5.75 Å². The molecule has 0 heterocycles. The summed E-state index contributed by atoms with van der Waals surface area (Å²) in [6, 6.07) is 7.45. The maximum absolute atomic E-state index is 11.9. The van der Waals surface area contributed by atoms with E-state index in [1.807, 2.05) is 12.1 Å². The number of hydrogen-bond acceptors (Lipinski definition) is 3. The van der Waals surface area contributed by atoms with Crippen molar-refractivity contribution in [2.75, 3.05) is 12.3 Å². The zero-order valence-corrected chi connectivity index (χ0v) is 12.5. The molecule has 0 fully saturated rings. The van der Waals surface area contributed by atoms with Crippen molar-refractivity contribution in [1.82, 2.24) is 5.32 Å². The predicted octanol–water partition coefficient (Wildman–Crippen LogP) is 3.12. The van der Waals surface area contributed by atoms with Crippen LogP contribution in [0.2, 0.25) is 0 Å². The molecule has 1 aromatic carbocycles. The second-order valence-electron chi connectivity index (χ2n) is 5.02. The van der Waals surface area contributed by atoms with Crippen LogP contribution in [0.1, 0.15) is 46.0 Å². The average molecular weight is 278 g/mol. The Morgan fingerprint density at radius 1 is 1.25 bits per heavy atom. The molecule has 0 aliphatic heterocycles. The third-order valence-electron chi connectivity index (χ3n) is 3.19. The number of nitrogen functional groups attached to an aromatic ring is 1. The third-order valence-corrected chi connectivity index (χ3v) is 3.19. The number of anilines is 1. The number of carbonyl (C=O) groups excluding carboxylic acids is 1. The molecule has 0 aliphatic rings. The Hall–Kier alpha value is -1.71. The molecular weight excluding hydrogens is 252 g/mol. The second kappa shape index (κ2) is 9.23. The Morgan fingerprint density at radius 3 is 2.65 bits per heavy atom. The van der Waals surface area contributed by atoms with Crippen LogP contribution < -0.4 is 15.8 Å². The van der Waals surface area contributed by atoms with Crippen molar-refractivity contribution in [1.29, 1.82) is 0 Å². The normalized spacial score (nSPS) is 11.9. The summed E-state index contributed by atoms with van der Waals surface area (Å²) in [5, 5.41) is 3.04. The van der Waals surface area contributed by atoms with Gasteiger partial charge >= 0.3 is 0 Å². The Labute approximate surface area is 121 Å². The van der Waals surface area contributed by atoms with E-state index in [0.717, 1.165) is 32.1 Å². The highest BCUT2D eigenvalue weighted by Crippen LogP contribution is 2.19. The molecule has 0 aliphatic carbocycles. The van der Waals surface area contributed by atoms with E-state index in [1.54, 1.807) is 12.1 Å². The molecule has 4 nitrogen and oxygen atoms in total. The van der Waals surface area contributed by atoms with E-state index in [0.29, 0.717) is 11.4 Å². The second-order valence-corrected chi connectivity index (χ2v) is 5.02. The molecule has 0 spiro atoms. The van der Waals surface area contributed by atoms with Crippen molar-refractivity contribution < 1.29 is 9.53 Å². The van der Waals surface area contributed by atoms with Crippen LogP contribution >= 0.6 is 0 Å². The SMILES string of the molecule is CCCCC(CCC)NC(=O)COc1ccccc1N. The largest absolute Gasteiger partial charge is 0.482 e. The molecule has 0 radical (unpaired) electrons. The fourth-order valence-electron chi connectivity index (χ4n) is 2.11. The van der Waals surface area contributed by atoms with E-state index >= 15 is 0 Å². The molecule has 112 valence electrons. The third kappa shape index (κ3) is 5.95. The van der Waals surface area contributed by atoms with Gasteiger partial charge in [0.15, 0.2) is 6.61 Å². The van der Waals surface area contributed by atoms with Crippen molar-refractivity contribution >= 4 is 11.6 Å². The van der Waals surface area contributed by atoms with Gasteiger partial charge < -0.3 is 15.8 Å². The van der Waals surface area contributed by atoms with Crippen LogP contribution in [-0.2, 0) is 4.79 Å². The van der Waals surface area contributed by atoms with Crippen molar-refractivity contribution in [2.24, 2.45) is 0 Å². The van der Waals surface area contributed by atoms with Gasteiger partial charge in [0.1, 0.15) is 5.75 Å². The molecule has 0 saturated heterocycles. The maximum Gasteiger partial charge on any atom is 0.258 e. The van der Waals surface area contributed by atoms with Gasteiger partial charge in [-0.05, 0) is 25.0 Å². The number of carbonyl (C=O) groups is 1. The number of ether oxygens (including phenoxy) is 1. The van der Waals surface area contributed by atoms with Crippen LogP contribution in [0.15, 0.2) is 24.3 Å². The van der Waals surface area contributed by atoms with Gasteiger partial charge in [0.05, 0.1) is 5.69 Å². The number of hydrogen-bond donors (Lipinski definition) is 2. The Balaban J connectivity index is 2.39. The first-order chi connectivity index (χ1) is 9.67. The van der Waals surface area contributed by atoms with E-state index < -0.39 is 0 Å². The molecule has 0 saturated carbocycles. The fraction of sp³-hybridized carbons (Fsp3) is 0.562. The zero-order valence-electron chi connectivity index (χ0n) is 12.5. The molecule has 1 atom stereocenters. The minimum atomic E-state index is -0.0807. The molecule has 4 heteroatoms. The van der Waals surface area contributed by atoms with Crippen molar-refractivity contribution in [2.45, 2.75) is 52.0 Å². The zero-order chi connectivity index (χ0) is 14.8. The number of rotatable bonds is 9. The Kier molecular flexibility index (Phi) is 7.55. The molecule has 1 unspecified atom stereocenters. The number of amides is 1. The molecule has 1 rings (SSSR count). The maximum atomic E-state index is 11.9. The summed E-state index contributed by atoms with van der Waals surface area (Å²) in [4.78, 5) is 11.9. The van der Waals surface area contributed by atoms with Crippen LogP contribution in [0.4, 0.5) is 5.69 Å². The van der Waals surface area contributed by atoms with Crippen LogP contribution in [0, 0.1) is 0 Å². The summed E-state index contributed by atoms with van der Waals surface area (Å²) in [5.74, 6) is 0.478. The first-order valence-electron chi connectivity index (χ1n) is 7.44. The Bertz CT molecular complexity index is 407. The molecule has 0 bridgehead atoms. The lowest BCUT2D eigenvalue weighted by Gasteiger charge is -2.18. The fourth-order valence-corrected chi connectivity index (χ4v) is 2.11. The smallest absolute Gasteiger partial charge is 0.258 e. The molecule has 1 amide bonds. The van der Waals surface area contributed by atoms with Crippen LogP contribution in [0.3, 0.4) is 0 Å². The number of benzene rings is 1. The summed E-state index contributed by atoms with van der Waals surface area (Å²) in [7, 11) is 0. The summed E-state index contributed by atoms with van der Waals surface area (Å²) >= 11 is 0. The molecule has 1 aromatic rings. The first-order valence-corrected chi connectivity index (χ1v) is 7.44. The highest BCUT2D eigenvalue weighted by molar-refractivity contribution is 5.78. The summed E-state index contributed by atoms with van der Waals surface area (Å²) in [6.07, 6.45) is 5.40. The lowest BCUT2D eigenvalue weighted by molar-refractivity contribution is -0.123. The summed E-state index contributed by atoms with van der Waals surface area (Å²) in [6.45, 7) is 4.30. The van der Waals surface area contributed by atoms with E-state index in [4.69, 9.17) is 10.5 Å². The van der Waals surface area contributed by atoms with Gasteiger partial charge in [-0.1, -0.05) is 45.2 Å². The van der Waals surface area contributed by atoms with E-state index in [1.165, 1.54) is 0 Å². The summed E-state index contributed by atoms with van der Waals surface area (Å²) < 4.78 is 5.45. The molecule has 20 heavy (non-hydrogen) atoms. The highest BCUT2D eigenvalue weighted by Gasteiger charge is 2.12. The highest BCUT2D eigenvalue weighted by atomic mass is 16.5. The van der Waals surface area contributed by atoms with Crippen LogP contribution in [-0.4, -0.2) is 18.6 Å². The standard InChI is InChI=1S/C16H26N2O2/c1-3-5-9-13(8-4-2)18-16(19)12-20-15-11-7-6-10-14(15)17/h6-7,10-11,13H,3-5,8-9,12,17H2,1-2H3,(H,18,19). The van der Waals surface area contributed by atoms with Crippen molar-refractivity contribution in [3.63, 3.8) is 0 Å². The van der Waals surface area contributed by atoms with Gasteiger partial charge in [-0.3, -0.25) is 4.79 Å². The van der Waals surface area contributed by atoms with E-state index in [9.17, 15) is 4.79 Å². The topological polar surface area (TPSA) is 64.3 Å². The van der Waals surface area contributed by atoms with E-state index in [2.05, 4.69) is 19.2 Å². The van der Waals surface area contributed by atoms with Gasteiger partial charge in [0, 0.05) is 6.04 Å². The van der Waals surface area contributed by atoms with E-state index in [-0.39, 0.29) is 18.6 Å². The van der Waals surface area contributed by atoms with Gasteiger partial charge in [0.2, 0.25) is 0 Å². The number of nitrogens with two attached hydrogens (primary N) is 1. The number of unbranched alkanes of at least 4 members (excludes halogenated alkanes) is 1. The lowest BCUT2D eigenvalue weighted by Crippen LogP contribution is -2.37. The van der Waals surface area contributed by atoms with Gasteiger partial charge in [-0.15, -0.1) is 0 Å². The number of nitrogens with one attached hydrogen (secondary N) is 1. The average Bonchev–Trinajstić information content (AvgIpc) is 2.44. The predicted molar refractivity (Wildman–Crippen MR) is 82.7 cm³/mol. The van der Waals surface area contributed by atoms with Crippen molar-refractivity contribution in [3.05, 3.63) is 24.3 Å². The van der Waals surface area contributed by atoms with Gasteiger partial charge in [0.25, 0.3) is 5.91 Å². The minimum Gasteiger partial charge on any atom is -0.482 e. The Morgan fingerprint density at radius 2 is 2.00 bits per heavy atom. The van der Waals surface area contributed by atoms with Crippen LogP contribution in [0.5, 0.6) is 5.75 Å². The first kappa shape index (κ1) is 16.3. The number of para-hydroxylation sites is 2. The van der Waals surface area contributed by atoms with Gasteiger partial charge in [-0.25, -0.2) is 0 Å². The monoisotopic (exact) mass is 278 g/mol. The van der Waals surface area contributed by atoms with Crippen LogP contribution in [0.25, 0.3) is 0 Å². The molecule has 3 N–H and O–H groups in total. The molecular formula is C16H26N2O2. The lowest BCUT2D eigenvalue weighted by atomic mass is 10.1.